The summed E-state index contributed by atoms with van der Waals surface area (Å²) in [5.41, 5.74) is -0.143. The van der Waals surface area contributed by atoms with Crippen LogP contribution in [0.4, 0.5) is 0 Å². The second-order valence-corrected chi connectivity index (χ2v) is 4.00. The summed E-state index contributed by atoms with van der Waals surface area (Å²) < 4.78 is 5.37. The molecule has 3 nitrogen and oxygen atoms in total. The molecule has 0 unspecified atom stereocenters. The van der Waals surface area contributed by atoms with Crippen molar-refractivity contribution in [3.63, 3.8) is 0 Å². The highest BCUT2D eigenvalue weighted by Crippen LogP contribution is 2.09. The average Bonchev–Trinajstić information content (AvgIpc) is 2.12. The smallest absolute Gasteiger partial charge is 0.0609 e. The number of ether oxygens (including phenoxy) is 1. The third-order valence-corrected chi connectivity index (χ3v) is 2.34. The van der Waals surface area contributed by atoms with Crippen LogP contribution in [0.1, 0.15) is 27.2 Å². The molecule has 0 radical (unpaired) electrons. The van der Waals surface area contributed by atoms with Crippen LogP contribution in [0.15, 0.2) is 0 Å². The van der Waals surface area contributed by atoms with Crippen LogP contribution < -0.4 is 0 Å². The Labute approximate surface area is 81.7 Å². The lowest BCUT2D eigenvalue weighted by Crippen LogP contribution is -2.45. The first-order valence-corrected chi connectivity index (χ1v) is 4.94. The Hall–Kier alpha value is -0.120. The van der Waals surface area contributed by atoms with Crippen molar-refractivity contribution in [1.82, 2.24) is 4.90 Å². The maximum atomic E-state index is 9.08. The van der Waals surface area contributed by atoms with Crippen LogP contribution in [0.2, 0.25) is 0 Å². The van der Waals surface area contributed by atoms with Gasteiger partial charge in [-0.1, -0.05) is 6.92 Å². The summed E-state index contributed by atoms with van der Waals surface area (Å²) in [4.78, 5) is 2.11. The average molecular weight is 189 g/mol. The molecule has 0 aliphatic carbocycles. The van der Waals surface area contributed by atoms with Gasteiger partial charge in [-0.15, -0.1) is 0 Å². The van der Waals surface area contributed by atoms with E-state index in [0.29, 0.717) is 0 Å². The second-order valence-electron chi connectivity index (χ2n) is 4.00. The summed E-state index contributed by atoms with van der Waals surface area (Å²) in [6, 6.07) is 0. The molecule has 0 spiro atoms. The van der Waals surface area contributed by atoms with Gasteiger partial charge in [0.05, 0.1) is 13.2 Å². The largest absolute Gasteiger partial charge is 0.394 e. The summed E-state index contributed by atoms with van der Waals surface area (Å²) >= 11 is 0. The van der Waals surface area contributed by atoms with Crippen molar-refractivity contribution in [2.45, 2.75) is 32.7 Å². The van der Waals surface area contributed by atoms with Crippen LogP contribution >= 0.6 is 0 Å². The molecule has 0 heterocycles. The van der Waals surface area contributed by atoms with Crippen LogP contribution in [-0.4, -0.2) is 49.0 Å². The molecule has 0 atom stereocenters. The van der Waals surface area contributed by atoms with Crippen molar-refractivity contribution in [2.75, 3.05) is 33.4 Å². The third-order valence-electron chi connectivity index (χ3n) is 2.34. The van der Waals surface area contributed by atoms with Gasteiger partial charge < -0.3 is 9.84 Å². The minimum absolute atomic E-state index is 0.143. The summed E-state index contributed by atoms with van der Waals surface area (Å²) in [5, 5.41) is 9.08. The highest BCUT2D eigenvalue weighted by Gasteiger charge is 2.21. The number of aliphatic hydroxyl groups is 1. The van der Waals surface area contributed by atoms with E-state index in [1.165, 1.54) is 0 Å². The summed E-state index contributed by atoms with van der Waals surface area (Å²) in [5.74, 6) is 0. The van der Waals surface area contributed by atoms with Crippen LogP contribution in [0.25, 0.3) is 0 Å². The van der Waals surface area contributed by atoms with Gasteiger partial charge in [0.1, 0.15) is 0 Å². The van der Waals surface area contributed by atoms with E-state index in [0.717, 1.165) is 26.2 Å². The van der Waals surface area contributed by atoms with Crippen molar-refractivity contribution < 1.29 is 9.84 Å². The zero-order chi connectivity index (χ0) is 10.3. The van der Waals surface area contributed by atoms with Gasteiger partial charge in [0.15, 0.2) is 0 Å². The van der Waals surface area contributed by atoms with Gasteiger partial charge in [0.25, 0.3) is 0 Å². The molecule has 0 saturated heterocycles. The molecule has 13 heavy (non-hydrogen) atoms. The first kappa shape index (κ1) is 12.9. The van der Waals surface area contributed by atoms with Crippen molar-refractivity contribution in [2.24, 2.45) is 0 Å². The molecular formula is C10H23NO2. The first-order chi connectivity index (χ1) is 6.04. The Kier molecular flexibility index (Phi) is 6.29. The zero-order valence-electron chi connectivity index (χ0n) is 9.34. The van der Waals surface area contributed by atoms with Gasteiger partial charge in [-0.25, -0.2) is 0 Å². The van der Waals surface area contributed by atoms with Gasteiger partial charge in [-0.05, 0) is 27.3 Å². The van der Waals surface area contributed by atoms with Gasteiger partial charge in [-0.3, -0.25) is 4.90 Å². The molecule has 0 aromatic carbocycles. The Morgan fingerprint density at radius 2 is 1.92 bits per heavy atom. The third kappa shape index (κ3) is 5.24. The van der Waals surface area contributed by atoms with E-state index in [-0.39, 0.29) is 12.1 Å². The predicted molar refractivity (Wildman–Crippen MR) is 54.9 cm³/mol. The predicted octanol–water partition coefficient (Wildman–Crippen LogP) is 1.12. The Balaban J connectivity index is 3.55. The van der Waals surface area contributed by atoms with Crippen LogP contribution in [0, 0.1) is 0 Å². The van der Waals surface area contributed by atoms with Gasteiger partial charge in [0.2, 0.25) is 0 Å². The van der Waals surface area contributed by atoms with Gasteiger partial charge in [-0.2, -0.15) is 0 Å². The summed E-state index contributed by atoms with van der Waals surface area (Å²) in [6.45, 7) is 8.76. The molecule has 3 heteroatoms. The molecule has 0 fully saturated rings. The zero-order valence-corrected chi connectivity index (χ0v) is 9.34. The highest BCUT2D eigenvalue weighted by atomic mass is 16.5. The summed E-state index contributed by atoms with van der Waals surface area (Å²) in [7, 11) is 2.01. The molecular weight excluding hydrogens is 166 g/mol. The van der Waals surface area contributed by atoms with Crippen molar-refractivity contribution in [3.8, 4) is 0 Å². The van der Waals surface area contributed by atoms with E-state index in [4.69, 9.17) is 9.84 Å². The fraction of sp³-hybridized carbons (Fsp3) is 1.00. The van der Waals surface area contributed by atoms with E-state index in [9.17, 15) is 0 Å². The molecule has 0 saturated carbocycles. The molecule has 80 valence electrons. The van der Waals surface area contributed by atoms with Crippen molar-refractivity contribution in [1.29, 1.82) is 0 Å². The van der Waals surface area contributed by atoms with Crippen molar-refractivity contribution >= 4 is 0 Å². The lowest BCUT2D eigenvalue weighted by molar-refractivity contribution is 0.0437. The van der Waals surface area contributed by atoms with E-state index in [1.807, 2.05) is 20.9 Å². The van der Waals surface area contributed by atoms with Gasteiger partial charge in [0, 0.05) is 18.7 Å². The SMILES string of the molecule is CCCOCCN(C)C(C)(C)CO. The molecule has 0 aromatic rings. The normalized spacial score (nSPS) is 12.5. The van der Waals surface area contributed by atoms with Gasteiger partial charge >= 0.3 is 0 Å². The summed E-state index contributed by atoms with van der Waals surface area (Å²) in [6.07, 6.45) is 1.06. The molecule has 0 rings (SSSR count). The van der Waals surface area contributed by atoms with Crippen LogP contribution in [-0.2, 0) is 4.74 Å². The minimum Gasteiger partial charge on any atom is -0.394 e. The molecule has 0 amide bonds. The molecule has 1 N–H and O–H groups in total. The number of nitrogens with zero attached hydrogens (tertiary/aromatic N) is 1. The molecule has 0 aliphatic rings. The lowest BCUT2D eigenvalue weighted by Gasteiger charge is -2.33. The Morgan fingerprint density at radius 1 is 1.31 bits per heavy atom. The maximum absolute atomic E-state index is 9.08. The maximum Gasteiger partial charge on any atom is 0.0609 e. The number of likely N-dealkylation sites (N-methyl/N-ethyl adjacent to an activating group) is 1. The van der Waals surface area contributed by atoms with Crippen LogP contribution in [0.5, 0.6) is 0 Å². The Bertz CT molecular complexity index is 126. The fourth-order valence-corrected chi connectivity index (χ4v) is 0.871. The first-order valence-electron chi connectivity index (χ1n) is 4.94. The lowest BCUT2D eigenvalue weighted by atomic mass is 10.1. The standard InChI is InChI=1S/C10H23NO2/c1-5-7-13-8-6-11(4)10(2,3)9-12/h12H,5-9H2,1-4H3. The monoisotopic (exact) mass is 189 g/mol. The molecule has 0 aliphatic heterocycles. The van der Waals surface area contributed by atoms with E-state index < -0.39 is 0 Å². The number of rotatable bonds is 7. The van der Waals surface area contributed by atoms with Crippen LogP contribution in [0.3, 0.4) is 0 Å². The second kappa shape index (κ2) is 6.35. The topological polar surface area (TPSA) is 32.7 Å². The quantitative estimate of drug-likeness (QED) is 0.609. The van der Waals surface area contributed by atoms with E-state index in [1.54, 1.807) is 0 Å². The molecule has 0 aromatic heterocycles. The van der Waals surface area contributed by atoms with E-state index in [2.05, 4.69) is 11.8 Å². The number of aliphatic hydroxyl groups excluding tert-OH is 1. The fourth-order valence-electron chi connectivity index (χ4n) is 0.871. The molecule has 0 bridgehead atoms. The Morgan fingerprint density at radius 3 is 2.38 bits per heavy atom. The highest BCUT2D eigenvalue weighted by molar-refractivity contribution is 4.77. The number of hydrogen-bond donors (Lipinski definition) is 1. The van der Waals surface area contributed by atoms with Crippen molar-refractivity contribution in [3.05, 3.63) is 0 Å². The minimum atomic E-state index is -0.143. The van der Waals surface area contributed by atoms with E-state index >= 15 is 0 Å². The number of hydrogen-bond acceptors (Lipinski definition) is 3.